The fourth-order valence-corrected chi connectivity index (χ4v) is 2.12. The summed E-state index contributed by atoms with van der Waals surface area (Å²) in [6.07, 6.45) is 0. The van der Waals surface area contributed by atoms with Crippen LogP contribution < -0.4 is 5.32 Å². The van der Waals surface area contributed by atoms with Crippen molar-refractivity contribution in [3.8, 4) is 0 Å². The Morgan fingerprint density at radius 2 is 2.27 bits per heavy atom. The van der Waals surface area contributed by atoms with E-state index < -0.39 is 0 Å². The van der Waals surface area contributed by atoms with Crippen LogP contribution in [0.15, 0.2) is 11.4 Å². The van der Waals surface area contributed by atoms with Crippen LogP contribution in [0.2, 0.25) is 0 Å². The number of aliphatic hydroxyl groups excluding tert-OH is 1. The molecule has 0 aromatic carbocycles. The summed E-state index contributed by atoms with van der Waals surface area (Å²) in [5.41, 5.74) is 1.06. The van der Waals surface area contributed by atoms with Crippen LogP contribution in [-0.2, 0) is 4.79 Å². The number of nitrogens with one attached hydrogen (secondary N) is 1. The molecule has 1 amide bonds. The minimum Gasteiger partial charge on any atom is -0.396 e. The lowest BCUT2D eigenvalue weighted by molar-refractivity contribution is -0.122. The number of hydrogen-bond acceptors (Lipinski definition) is 3. The molecule has 1 aromatic rings. The van der Waals surface area contributed by atoms with Crippen molar-refractivity contribution in [2.24, 2.45) is 11.8 Å². The Bertz CT molecular complexity index is 333. The zero-order chi connectivity index (χ0) is 11.4. The molecule has 0 saturated heterocycles. The molecule has 0 spiro atoms. The highest BCUT2D eigenvalue weighted by Crippen LogP contribution is 2.23. The van der Waals surface area contributed by atoms with Gasteiger partial charge >= 0.3 is 0 Å². The summed E-state index contributed by atoms with van der Waals surface area (Å²) < 4.78 is 0. The first-order valence-corrected chi connectivity index (χ1v) is 5.90. The summed E-state index contributed by atoms with van der Waals surface area (Å²) in [5.74, 6) is -0.278. The molecule has 0 fully saturated rings. The number of amides is 1. The van der Waals surface area contributed by atoms with Gasteiger partial charge in [0.1, 0.15) is 0 Å². The van der Waals surface area contributed by atoms with E-state index in [1.807, 2.05) is 32.2 Å². The lowest BCUT2D eigenvalue weighted by Crippen LogP contribution is -2.29. The van der Waals surface area contributed by atoms with E-state index in [0.29, 0.717) is 0 Å². The number of aryl methyl sites for hydroxylation is 1. The number of hydrogen-bond donors (Lipinski definition) is 2. The molecule has 1 heterocycles. The van der Waals surface area contributed by atoms with Crippen molar-refractivity contribution in [3.05, 3.63) is 17.0 Å². The molecule has 0 saturated carbocycles. The van der Waals surface area contributed by atoms with Gasteiger partial charge in [-0.25, -0.2) is 0 Å². The minimum absolute atomic E-state index is 0.0990. The molecule has 0 aliphatic rings. The number of anilines is 1. The molecule has 1 unspecified atom stereocenters. The maximum Gasteiger partial charge on any atom is 0.230 e. The Hall–Kier alpha value is -0.870. The quantitative estimate of drug-likeness (QED) is 0.829. The van der Waals surface area contributed by atoms with E-state index in [0.717, 1.165) is 10.6 Å². The van der Waals surface area contributed by atoms with Crippen LogP contribution in [0.4, 0.5) is 5.00 Å². The van der Waals surface area contributed by atoms with E-state index >= 15 is 0 Å². The minimum atomic E-state index is -0.327. The van der Waals surface area contributed by atoms with Crippen LogP contribution in [0, 0.1) is 18.8 Å². The van der Waals surface area contributed by atoms with Crippen LogP contribution in [-0.4, -0.2) is 17.6 Å². The highest BCUT2D eigenvalue weighted by Gasteiger charge is 2.21. The summed E-state index contributed by atoms with van der Waals surface area (Å²) >= 11 is 1.50. The Balaban J connectivity index is 2.66. The van der Waals surface area contributed by atoms with Crippen LogP contribution in [0.25, 0.3) is 0 Å². The van der Waals surface area contributed by atoms with Gasteiger partial charge in [0.25, 0.3) is 0 Å². The number of carbonyl (C=O) groups excluding carboxylic acids is 1. The topological polar surface area (TPSA) is 49.3 Å². The maximum atomic E-state index is 11.8. The molecular formula is C11H17NO2S. The van der Waals surface area contributed by atoms with Crippen molar-refractivity contribution in [2.75, 3.05) is 11.9 Å². The molecule has 15 heavy (non-hydrogen) atoms. The highest BCUT2D eigenvalue weighted by atomic mass is 32.1. The maximum absolute atomic E-state index is 11.8. The Labute approximate surface area is 94.1 Å². The van der Waals surface area contributed by atoms with Crippen LogP contribution in [0.1, 0.15) is 19.4 Å². The van der Waals surface area contributed by atoms with Crippen LogP contribution >= 0.6 is 11.3 Å². The number of rotatable bonds is 4. The average Bonchev–Trinajstić information content (AvgIpc) is 2.52. The molecule has 4 heteroatoms. The first-order valence-electron chi connectivity index (χ1n) is 5.02. The summed E-state index contributed by atoms with van der Waals surface area (Å²) in [5, 5.41) is 14.8. The summed E-state index contributed by atoms with van der Waals surface area (Å²) in [4.78, 5) is 11.8. The first-order chi connectivity index (χ1) is 7.06. The zero-order valence-corrected chi connectivity index (χ0v) is 10.1. The molecule has 1 atom stereocenters. The van der Waals surface area contributed by atoms with E-state index in [4.69, 9.17) is 5.11 Å². The van der Waals surface area contributed by atoms with Gasteiger partial charge in [0, 0.05) is 0 Å². The van der Waals surface area contributed by atoms with E-state index in [2.05, 4.69) is 5.32 Å². The molecule has 0 aliphatic heterocycles. The normalized spacial score (nSPS) is 12.9. The van der Waals surface area contributed by atoms with Gasteiger partial charge in [-0.3, -0.25) is 4.79 Å². The van der Waals surface area contributed by atoms with Gasteiger partial charge in [-0.1, -0.05) is 13.8 Å². The number of thiophene rings is 1. The molecule has 0 aliphatic carbocycles. The van der Waals surface area contributed by atoms with Crippen molar-refractivity contribution in [1.29, 1.82) is 0 Å². The molecular weight excluding hydrogens is 210 g/mol. The van der Waals surface area contributed by atoms with Gasteiger partial charge in [0.15, 0.2) is 0 Å². The van der Waals surface area contributed by atoms with E-state index in [1.54, 1.807) is 0 Å². The van der Waals surface area contributed by atoms with Crippen molar-refractivity contribution in [2.45, 2.75) is 20.8 Å². The van der Waals surface area contributed by atoms with Gasteiger partial charge in [0.2, 0.25) is 5.91 Å². The molecule has 84 valence electrons. The van der Waals surface area contributed by atoms with E-state index in [1.165, 1.54) is 11.3 Å². The lowest BCUT2D eigenvalue weighted by atomic mass is 9.96. The first kappa shape index (κ1) is 12.2. The predicted molar refractivity (Wildman–Crippen MR) is 63.1 cm³/mol. The molecule has 0 bridgehead atoms. The Kier molecular flexibility index (Phi) is 4.29. The summed E-state index contributed by atoms with van der Waals surface area (Å²) in [6, 6.07) is 1.96. The molecule has 0 radical (unpaired) electrons. The van der Waals surface area contributed by atoms with E-state index in [-0.39, 0.29) is 24.3 Å². The second-order valence-corrected chi connectivity index (χ2v) is 4.87. The van der Waals surface area contributed by atoms with Gasteiger partial charge in [-0.2, -0.15) is 0 Å². The number of carbonyl (C=O) groups is 1. The molecule has 1 aromatic heterocycles. The molecule has 2 N–H and O–H groups in total. The third kappa shape index (κ3) is 3.04. The van der Waals surface area contributed by atoms with Gasteiger partial charge < -0.3 is 10.4 Å². The molecule has 3 nitrogen and oxygen atoms in total. The average molecular weight is 227 g/mol. The second kappa shape index (κ2) is 5.28. The summed E-state index contributed by atoms with van der Waals surface area (Å²) in [6.45, 7) is 5.72. The van der Waals surface area contributed by atoms with Gasteiger partial charge in [-0.05, 0) is 29.9 Å². The van der Waals surface area contributed by atoms with Gasteiger partial charge in [0.05, 0.1) is 17.5 Å². The smallest absolute Gasteiger partial charge is 0.230 e. The fourth-order valence-electron chi connectivity index (χ4n) is 1.30. The van der Waals surface area contributed by atoms with Crippen LogP contribution in [0.3, 0.4) is 0 Å². The Morgan fingerprint density at radius 1 is 1.60 bits per heavy atom. The Morgan fingerprint density at radius 3 is 2.67 bits per heavy atom. The van der Waals surface area contributed by atoms with Crippen molar-refractivity contribution in [3.63, 3.8) is 0 Å². The highest BCUT2D eigenvalue weighted by molar-refractivity contribution is 7.14. The monoisotopic (exact) mass is 227 g/mol. The largest absolute Gasteiger partial charge is 0.396 e. The SMILES string of the molecule is Cc1ccsc1NC(=O)C(CO)C(C)C. The zero-order valence-electron chi connectivity index (χ0n) is 9.28. The fraction of sp³-hybridized carbons (Fsp3) is 0.545. The van der Waals surface area contributed by atoms with E-state index in [9.17, 15) is 4.79 Å². The third-order valence-electron chi connectivity index (χ3n) is 2.44. The van der Waals surface area contributed by atoms with Crippen molar-refractivity contribution in [1.82, 2.24) is 0 Å². The third-order valence-corrected chi connectivity index (χ3v) is 3.37. The van der Waals surface area contributed by atoms with Crippen molar-refractivity contribution >= 4 is 22.2 Å². The van der Waals surface area contributed by atoms with Crippen molar-refractivity contribution < 1.29 is 9.90 Å². The standard InChI is InChI=1S/C11H17NO2S/c1-7(2)9(6-13)10(14)12-11-8(3)4-5-15-11/h4-5,7,9,13H,6H2,1-3H3,(H,12,14). The van der Waals surface area contributed by atoms with Crippen LogP contribution in [0.5, 0.6) is 0 Å². The van der Waals surface area contributed by atoms with Gasteiger partial charge in [-0.15, -0.1) is 11.3 Å². The predicted octanol–water partition coefficient (Wildman–Crippen LogP) is 2.26. The summed E-state index contributed by atoms with van der Waals surface area (Å²) in [7, 11) is 0. The lowest BCUT2D eigenvalue weighted by Gasteiger charge is -2.17. The molecule has 1 rings (SSSR count). The number of aliphatic hydroxyl groups is 1. The second-order valence-electron chi connectivity index (χ2n) is 3.96.